The lowest BCUT2D eigenvalue weighted by atomic mass is 10.0. The van der Waals surface area contributed by atoms with Crippen molar-refractivity contribution in [2.24, 2.45) is 5.92 Å². The minimum atomic E-state index is -0.465. The van der Waals surface area contributed by atoms with Gasteiger partial charge in [0, 0.05) is 25.2 Å². The van der Waals surface area contributed by atoms with Crippen molar-refractivity contribution in [3.05, 3.63) is 74.7 Å². The summed E-state index contributed by atoms with van der Waals surface area (Å²) in [4.78, 5) is 37.6. The Bertz CT molecular complexity index is 1010. The molecule has 0 aliphatic heterocycles. The van der Waals surface area contributed by atoms with Crippen LogP contribution in [-0.4, -0.2) is 23.3 Å². The van der Waals surface area contributed by atoms with E-state index in [1.54, 1.807) is 6.20 Å². The second kappa shape index (κ2) is 6.99. The summed E-state index contributed by atoms with van der Waals surface area (Å²) in [5.74, 6) is -0.0218. The summed E-state index contributed by atoms with van der Waals surface area (Å²) < 4.78 is 1.49. The highest BCUT2D eigenvalue weighted by molar-refractivity contribution is 6.00. The van der Waals surface area contributed by atoms with Gasteiger partial charge in [-0.3, -0.25) is 14.4 Å². The Morgan fingerprint density at radius 1 is 1.26 bits per heavy atom. The Hall–Kier alpha value is -2.95. The first-order chi connectivity index (χ1) is 13.1. The lowest BCUT2D eigenvalue weighted by molar-refractivity contribution is 0.0961. The molecule has 0 spiro atoms. The van der Waals surface area contributed by atoms with Gasteiger partial charge in [0.15, 0.2) is 5.78 Å². The van der Waals surface area contributed by atoms with E-state index < -0.39 is 5.91 Å². The van der Waals surface area contributed by atoms with E-state index >= 15 is 0 Å². The Morgan fingerprint density at radius 3 is 2.81 bits per heavy atom. The lowest BCUT2D eigenvalue weighted by Crippen LogP contribution is -2.32. The maximum absolute atomic E-state index is 12.9. The Morgan fingerprint density at radius 2 is 2.07 bits per heavy atom. The number of hydrogen-bond donors (Lipinski definition) is 1. The second-order valence-corrected chi connectivity index (χ2v) is 7.32. The van der Waals surface area contributed by atoms with E-state index in [0.717, 1.165) is 30.4 Å². The summed E-state index contributed by atoms with van der Waals surface area (Å²) in [5.41, 5.74) is 3.44. The molecule has 2 aromatic rings. The molecule has 1 fully saturated rings. The molecule has 1 heterocycles. The maximum Gasteiger partial charge on any atom is 0.263 e. The van der Waals surface area contributed by atoms with Crippen LogP contribution in [0.1, 0.15) is 56.7 Å². The number of benzene rings is 1. The number of ketones is 1. The van der Waals surface area contributed by atoms with Crippen LogP contribution in [0.3, 0.4) is 0 Å². The van der Waals surface area contributed by atoms with Crippen LogP contribution in [0.2, 0.25) is 0 Å². The van der Waals surface area contributed by atoms with Crippen molar-refractivity contribution in [1.29, 1.82) is 0 Å². The van der Waals surface area contributed by atoms with Crippen molar-refractivity contribution < 1.29 is 9.59 Å². The van der Waals surface area contributed by atoms with Gasteiger partial charge >= 0.3 is 0 Å². The zero-order valence-corrected chi connectivity index (χ0v) is 15.3. The molecule has 5 heteroatoms. The largest absolute Gasteiger partial charge is 0.355 e. The average Bonchev–Trinajstić information content (AvgIpc) is 3.35. The molecule has 0 bridgehead atoms. The minimum Gasteiger partial charge on any atom is -0.355 e. The summed E-state index contributed by atoms with van der Waals surface area (Å²) in [5, 5.41) is 2.50. The van der Waals surface area contributed by atoms with Crippen LogP contribution >= 0.6 is 0 Å². The highest BCUT2D eigenvalue weighted by Gasteiger charge is 2.26. The highest BCUT2D eigenvalue weighted by Crippen LogP contribution is 2.33. The molecule has 0 atom stereocenters. The van der Waals surface area contributed by atoms with Crippen molar-refractivity contribution in [2.75, 3.05) is 7.05 Å². The Balaban J connectivity index is 1.75. The van der Waals surface area contributed by atoms with Crippen LogP contribution < -0.4 is 10.9 Å². The first kappa shape index (κ1) is 17.5. The fraction of sp³-hybridized carbons (Fsp3) is 0.318. The standard InChI is InChI=1S/C22H22N2O3/c1-23-21(26)19-11-17(20(25)10-14-8-9-14)13-24(22(19)27)12-16-6-2-4-15-5-3-7-18(15)16/h2-4,6-7,11,13-14H,5,8-10,12H2,1H3,(H,23,26). The Labute approximate surface area is 157 Å². The molecule has 5 nitrogen and oxygen atoms in total. The molecule has 138 valence electrons. The lowest BCUT2D eigenvalue weighted by Gasteiger charge is -2.13. The number of nitrogens with one attached hydrogen (secondary N) is 1. The van der Waals surface area contributed by atoms with Gasteiger partial charge in [-0.2, -0.15) is 0 Å². The zero-order chi connectivity index (χ0) is 19.0. The topological polar surface area (TPSA) is 68.2 Å². The molecule has 1 saturated carbocycles. The van der Waals surface area contributed by atoms with Gasteiger partial charge in [-0.1, -0.05) is 30.4 Å². The van der Waals surface area contributed by atoms with Gasteiger partial charge in [0.25, 0.3) is 11.5 Å². The van der Waals surface area contributed by atoms with Crippen molar-refractivity contribution in [1.82, 2.24) is 9.88 Å². The number of aromatic nitrogens is 1. The van der Waals surface area contributed by atoms with E-state index in [9.17, 15) is 14.4 Å². The molecule has 1 aromatic carbocycles. The van der Waals surface area contributed by atoms with Crippen LogP contribution in [0.25, 0.3) is 6.08 Å². The molecule has 1 amide bonds. The molecule has 1 aromatic heterocycles. The van der Waals surface area contributed by atoms with E-state index in [-0.39, 0.29) is 16.9 Å². The van der Waals surface area contributed by atoms with Gasteiger partial charge in [0.05, 0.1) is 6.54 Å². The second-order valence-electron chi connectivity index (χ2n) is 7.32. The van der Waals surface area contributed by atoms with Crippen molar-refractivity contribution in [3.8, 4) is 0 Å². The molecule has 4 rings (SSSR count). The third-order valence-electron chi connectivity index (χ3n) is 5.30. The smallest absolute Gasteiger partial charge is 0.263 e. The van der Waals surface area contributed by atoms with Crippen LogP contribution in [0.5, 0.6) is 0 Å². The Kier molecular flexibility index (Phi) is 4.52. The van der Waals surface area contributed by atoms with Gasteiger partial charge in [0.2, 0.25) is 0 Å². The molecule has 2 aliphatic carbocycles. The average molecular weight is 362 g/mol. The minimum absolute atomic E-state index is 0.00501. The third-order valence-corrected chi connectivity index (χ3v) is 5.30. The van der Waals surface area contributed by atoms with E-state index in [1.165, 1.54) is 23.2 Å². The number of nitrogens with zero attached hydrogens (tertiary/aromatic N) is 1. The van der Waals surface area contributed by atoms with E-state index in [1.807, 2.05) is 12.1 Å². The predicted molar refractivity (Wildman–Crippen MR) is 104 cm³/mol. The van der Waals surface area contributed by atoms with Crippen LogP contribution in [-0.2, 0) is 13.0 Å². The van der Waals surface area contributed by atoms with Crippen molar-refractivity contribution in [2.45, 2.75) is 32.2 Å². The van der Waals surface area contributed by atoms with Crippen LogP contribution in [0.4, 0.5) is 0 Å². The first-order valence-corrected chi connectivity index (χ1v) is 9.34. The SMILES string of the molecule is CNC(=O)c1cc(C(=O)CC2CC2)cn(Cc2cccc3c2C=CC3)c1=O. The van der Waals surface area contributed by atoms with Gasteiger partial charge in [-0.15, -0.1) is 0 Å². The number of allylic oxidation sites excluding steroid dienone is 1. The molecular weight excluding hydrogens is 340 g/mol. The molecule has 0 radical (unpaired) electrons. The monoisotopic (exact) mass is 362 g/mol. The molecule has 1 N–H and O–H groups in total. The van der Waals surface area contributed by atoms with Gasteiger partial charge in [0.1, 0.15) is 5.56 Å². The molecule has 27 heavy (non-hydrogen) atoms. The van der Waals surface area contributed by atoms with Crippen molar-refractivity contribution in [3.63, 3.8) is 0 Å². The number of carbonyl (C=O) groups excluding carboxylic acids is 2. The van der Waals surface area contributed by atoms with Gasteiger partial charge in [-0.25, -0.2) is 0 Å². The normalized spacial score (nSPS) is 14.9. The van der Waals surface area contributed by atoms with E-state index in [2.05, 4.69) is 23.5 Å². The van der Waals surface area contributed by atoms with Crippen molar-refractivity contribution >= 4 is 17.8 Å². The summed E-state index contributed by atoms with van der Waals surface area (Å²) >= 11 is 0. The molecule has 0 saturated heterocycles. The third kappa shape index (κ3) is 3.50. The first-order valence-electron chi connectivity index (χ1n) is 9.34. The maximum atomic E-state index is 12.9. The quantitative estimate of drug-likeness (QED) is 0.804. The molecule has 0 unspecified atom stereocenters. The number of rotatable bonds is 6. The highest BCUT2D eigenvalue weighted by atomic mass is 16.2. The number of fused-ring (bicyclic) bond motifs is 1. The summed E-state index contributed by atoms with van der Waals surface area (Å²) in [7, 11) is 1.49. The van der Waals surface area contributed by atoms with Crippen LogP contribution in [0, 0.1) is 5.92 Å². The summed E-state index contributed by atoms with van der Waals surface area (Å²) in [6.45, 7) is 0.334. The zero-order valence-electron chi connectivity index (χ0n) is 15.3. The number of hydrogen-bond acceptors (Lipinski definition) is 3. The number of carbonyl (C=O) groups is 2. The van der Waals surface area contributed by atoms with E-state index in [4.69, 9.17) is 0 Å². The predicted octanol–water partition coefficient (Wildman–Crippen LogP) is 2.81. The van der Waals surface area contributed by atoms with Crippen LogP contribution in [0.15, 0.2) is 41.3 Å². The van der Waals surface area contributed by atoms with Gasteiger partial charge < -0.3 is 9.88 Å². The molecular formula is C22H22N2O3. The van der Waals surface area contributed by atoms with E-state index in [0.29, 0.717) is 24.4 Å². The summed E-state index contributed by atoms with van der Waals surface area (Å²) in [6.07, 6.45) is 9.31. The summed E-state index contributed by atoms with van der Waals surface area (Å²) in [6, 6.07) is 7.48. The van der Waals surface area contributed by atoms with Gasteiger partial charge in [-0.05, 0) is 47.9 Å². The number of pyridine rings is 1. The number of amides is 1. The fourth-order valence-electron chi connectivity index (χ4n) is 3.59. The number of Topliss-reactive ketones (excluding diaryl/α,β-unsaturated/α-hetero) is 1. The molecule has 2 aliphatic rings. The fourth-order valence-corrected chi connectivity index (χ4v) is 3.59.